The number of benzene rings is 1. The fourth-order valence-electron chi connectivity index (χ4n) is 2.33. The van der Waals surface area contributed by atoms with Crippen molar-refractivity contribution in [2.45, 2.75) is 31.9 Å². The molecule has 1 atom stereocenters. The summed E-state index contributed by atoms with van der Waals surface area (Å²) >= 11 is 0. The molecule has 3 N–H and O–H groups in total. The van der Waals surface area contributed by atoms with Crippen LogP contribution in [-0.4, -0.2) is 34.6 Å². The van der Waals surface area contributed by atoms with Crippen LogP contribution in [0.25, 0.3) is 0 Å². The SMILES string of the molecule is N/C(=N/O)C1CCCCN1C(=O)OCc1ccccc1. The molecule has 1 saturated heterocycles. The normalized spacial score (nSPS) is 19.7. The molecule has 108 valence electrons. The second-order valence-corrected chi connectivity index (χ2v) is 4.77. The third-order valence-corrected chi connectivity index (χ3v) is 3.40. The lowest BCUT2D eigenvalue weighted by Crippen LogP contribution is -2.50. The van der Waals surface area contributed by atoms with Crippen molar-refractivity contribution < 1.29 is 14.7 Å². The van der Waals surface area contributed by atoms with Crippen LogP contribution < -0.4 is 5.73 Å². The van der Waals surface area contributed by atoms with Crippen LogP contribution in [0.2, 0.25) is 0 Å². The van der Waals surface area contributed by atoms with Crippen molar-refractivity contribution in [1.29, 1.82) is 0 Å². The third-order valence-electron chi connectivity index (χ3n) is 3.40. The van der Waals surface area contributed by atoms with Crippen LogP contribution in [0.3, 0.4) is 0 Å². The smallest absolute Gasteiger partial charge is 0.410 e. The molecule has 1 fully saturated rings. The summed E-state index contributed by atoms with van der Waals surface area (Å²) in [5.74, 6) is 0.0568. The van der Waals surface area contributed by atoms with Gasteiger partial charge < -0.3 is 15.7 Å². The number of oxime groups is 1. The largest absolute Gasteiger partial charge is 0.445 e. The van der Waals surface area contributed by atoms with Crippen LogP contribution in [-0.2, 0) is 11.3 Å². The highest BCUT2D eigenvalue weighted by Gasteiger charge is 2.30. The van der Waals surface area contributed by atoms with Crippen molar-refractivity contribution in [2.75, 3.05) is 6.54 Å². The molecular formula is C14H19N3O3. The van der Waals surface area contributed by atoms with Gasteiger partial charge in [0.25, 0.3) is 0 Å². The quantitative estimate of drug-likeness (QED) is 0.382. The van der Waals surface area contributed by atoms with Gasteiger partial charge in [0.15, 0.2) is 5.84 Å². The van der Waals surface area contributed by atoms with Gasteiger partial charge >= 0.3 is 6.09 Å². The molecule has 1 amide bonds. The first-order chi connectivity index (χ1) is 9.72. The van der Waals surface area contributed by atoms with Gasteiger partial charge in [-0.3, -0.25) is 4.90 Å². The number of ether oxygens (including phenoxy) is 1. The first-order valence-electron chi connectivity index (χ1n) is 6.67. The van der Waals surface area contributed by atoms with E-state index in [0.29, 0.717) is 13.0 Å². The number of carbonyl (C=O) groups is 1. The van der Waals surface area contributed by atoms with E-state index < -0.39 is 6.09 Å². The van der Waals surface area contributed by atoms with Gasteiger partial charge in [-0.2, -0.15) is 0 Å². The second-order valence-electron chi connectivity index (χ2n) is 4.77. The molecule has 1 aliphatic heterocycles. The zero-order valence-corrected chi connectivity index (χ0v) is 11.2. The molecule has 6 nitrogen and oxygen atoms in total. The van der Waals surface area contributed by atoms with Crippen LogP contribution in [0.15, 0.2) is 35.5 Å². The van der Waals surface area contributed by atoms with E-state index in [0.717, 1.165) is 18.4 Å². The summed E-state index contributed by atoms with van der Waals surface area (Å²) in [7, 11) is 0. The lowest BCUT2D eigenvalue weighted by molar-refractivity contribution is 0.0799. The van der Waals surface area contributed by atoms with E-state index in [2.05, 4.69) is 5.16 Å². The van der Waals surface area contributed by atoms with Gasteiger partial charge in [-0.1, -0.05) is 35.5 Å². The molecule has 1 aromatic rings. The van der Waals surface area contributed by atoms with Gasteiger partial charge in [-0.25, -0.2) is 4.79 Å². The summed E-state index contributed by atoms with van der Waals surface area (Å²) in [5.41, 5.74) is 6.56. The van der Waals surface area contributed by atoms with Gasteiger partial charge in [-0.15, -0.1) is 0 Å². The van der Waals surface area contributed by atoms with E-state index in [9.17, 15) is 4.79 Å². The molecule has 20 heavy (non-hydrogen) atoms. The molecule has 1 heterocycles. The van der Waals surface area contributed by atoms with Crippen LogP contribution in [0, 0.1) is 0 Å². The third kappa shape index (κ3) is 3.40. The van der Waals surface area contributed by atoms with E-state index in [1.54, 1.807) is 0 Å². The van der Waals surface area contributed by atoms with E-state index in [1.807, 2.05) is 30.3 Å². The maximum atomic E-state index is 12.1. The molecule has 1 aliphatic rings. The van der Waals surface area contributed by atoms with E-state index >= 15 is 0 Å². The fourth-order valence-corrected chi connectivity index (χ4v) is 2.33. The highest BCUT2D eigenvalue weighted by molar-refractivity contribution is 5.88. The summed E-state index contributed by atoms with van der Waals surface area (Å²) < 4.78 is 5.29. The fraction of sp³-hybridized carbons (Fsp3) is 0.429. The topological polar surface area (TPSA) is 88.2 Å². The average molecular weight is 277 g/mol. The molecule has 0 aromatic heterocycles. The molecule has 6 heteroatoms. The Morgan fingerprint density at radius 2 is 2.15 bits per heavy atom. The monoisotopic (exact) mass is 277 g/mol. The van der Waals surface area contributed by atoms with Gasteiger partial charge in [0.1, 0.15) is 6.61 Å². The Bertz CT molecular complexity index is 476. The van der Waals surface area contributed by atoms with E-state index in [4.69, 9.17) is 15.7 Å². The predicted molar refractivity (Wildman–Crippen MR) is 74.4 cm³/mol. The first-order valence-corrected chi connectivity index (χ1v) is 6.67. The average Bonchev–Trinajstić information content (AvgIpc) is 2.52. The number of nitrogens with zero attached hydrogens (tertiary/aromatic N) is 2. The Labute approximate surface area is 117 Å². The van der Waals surface area contributed by atoms with Crippen LogP contribution in [0.5, 0.6) is 0 Å². The van der Waals surface area contributed by atoms with E-state index in [-0.39, 0.29) is 18.5 Å². The molecule has 2 rings (SSSR count). The van der Waals surface area contributed by atoms with Gasteiger partial charge in [0.05, 0.1) is 6.04 Å². The van der Waals surface area contributed by atoms with Crippen LogP contribution >= 0.6 is 0 Å². The number of amidine groups is 1. The maximum absolute atomic E-state index is 12.1. The number of amides is 1. The summed E-state index contributed by atoms with van der Waals surface area (Å²) in [5, 5.41) is 11.8. The number of nitrogens with two attached hydrogens (primary N) is 1. The number of hydrogen-bond acceptors (Lipinski definition) is 4. The Balaban J connectivity index is 1.96. The number of rotatable bonds is 3. The first kappa shape index (κ1) is 14.2. The number of likely N-dealkylation sites (tertiary alicyclic amines) is 1. The van der Waals surface area contributed by atoms with Gasteiger partial charge in [0, 0.05) is 6.54 Å². The molecule has 0 bridgehead atoms. The molecule has 0 aliphatic carbocycles. The highest BCUT2D eigenvalue weighted by Crippen LogP contribution is 2.18. The Hall–Kier alpha value is -2.24. The van der Waals surface area contributed by atoms with Gasteiger partial charge in [0.2, 0.25) is 0 Å². The molecule has 0 saturated carbocycles. The molecule has 1 aromatic carbocycles. The minimum absolute atomic E-state index is 0.0568. The predicted octanol–water partition coefficient (Wildman–Crippen LogP) is 1.92. The van der Waals surface area contributed by atoms with Crippen LogP contribution in [0.1, 0.15) is 24.8 Å². The highest BCUT2D eigenvalue weighted by atomic mass is 16.6. The van der Waals surface area contributed by atoms with Crippen molar-refractivity contribution in [1.82, 2.24) is 4.90 Å². The summed E-state index contributed by atoms with van der Waals surface area (Å²) in [6.45, 7) is 0.785. The maximum Gasteiger partial charge on any atom is 0.410 e. The van der Waals surface area contributed by atoms with E-state index in [1.165, 1.54) is 4.90 Å². The van der Waals surface area contributed by atoms with Crippen molar-refractivity contribution in [3.8, 4) is 0 Å². The molecule has 0 radical (unpaired) electrons. The van der Waals surface area contributed by atoms with Crippen molar-refractivity contribution in [3.05, 3.63) is 35.9 Å². The summed E-state index contributed by atoms with van der Waals surface area (Å²) in [6, 6.07) is 9.10. The summed E-state index contributed by atoms with van der Waals surface area (Å²) in [4.78, 5) is 13.6. The van der Waals surface area contributed by atoms with Crippen molar-refractivity contribution >= 4 is 11.9 Å². The minimum atomic E-state index is -0.426. The molecule has 1 unspecified atom stereocenters. The summed E-state index contributed by atoms with van der Waals surface area (Å²) in [6.07, 6.45) is 2.11. The standard InChI is InChI=1S/C14H19N3O3/c15-13(16-19)12-8-4-5-9-17(12)14(18)20-10-11-6-2-1-3-7-11/h1-3,6-7,12,19H,4-5,8-10H2,(H2,15,16). The lowest BCUT2D eigenvalue weighted by Gasteiger charge is -2.33. The molecular weight excluding hydrogens is 258 g/mol. The van der Waals surface area contributed by atoms with Crippen molar-refractivity contribution in [2.24, 2.45) is 10.9 Å². The number of piperidine rings is 1. The number of hydrogen-bond donors (Lipinski definition) is 2. The minimum Gasteiger partial charge on any atom is -0.445 e. The Morgan fingerprint density at radius 3 is 2.85 bits per heavy atom. The zero-order chi connectivity index (χ0) is 14.4. The number of carbonyl (C=O) groups excluding carboxylic acids is 1. The second kappa shape index (κ2) is 6.79. The van der Waals surface area contributed by atoms with Gasteiger partial charge in [-0.05, 0) is 24.8 Å². The molecule has 0 spiro atoms. The van der Waals surface area contributed by atoms with Crippen LogP contribution in [0.4, 0.5) is 4.79 Å². The Morgan fingerprint density at radius 1 is 1.40 bits per heavy atom. The van der Waals surface area contributed by atoms with Crippen molar-refractivity contribution in [3.63, 3.8) is 0 Å². The lowest BCUT2D eigenvalue weighted by atomic mass is 10.0. The Kier molecular flexibility index (Phi) is 4.81. The zero-order valence-electron chi connectivity index (χ0n) is 11.2.